The van der Waals surface area contributed by atoms with Gasteiger partial charge in [-0.2, -0.15) is 13.2 Å². The maximum absolute atomic E-state index is 12.3. The van der Waals surface area contributed by atoms with Crippen molar-refractivity contribution in [3.05, 3.63) is 36.2 Å². The van der Waals surface area contributed by atoms with E-state index in [1.54, 1.807) is 0 Å². The van der Waals surface area contributed by atoms with Gasteiger partial charge >= 0.3 is 6.18 Å². The van der Waals surface area contributed by atoms with Gasteiger partial charge < -0.3 is 0 Å². The van der Waals surface area contributed by atoms with E-state index in [0.717, 1.165) is 6.07 Å². The number of aromatic nitrogens is 1. The predicted octanol–water partition coefficient (Wildman–Crippen LogP) is 3.31. The number of halogens is 4. The fourth-order valence-corrected chi connectivity index (χ4v) is 1.00. The van der Waals surface area contributed by atoms with Crippen LogP contribution < -0.4 is 0 Å². The fraction of sp³-hybridized carbons (Fsp3) is 0.125. The van der Waals surface area contributed by atoms with Crippen LogP contribution in [0.2, 0.25) is 0 Å². The van der Waals surface area contributed by atoms with Crippen LogP contribution in [-0.4, -0.2) is 4.98 Å². The normalized spacial score (nSPS) is 11.4. The van der Waals surface area contributed by atoms with E-state index in [0.29, 0.717) is 0 Å². The van der Waals surface area contributed by atoms with E-state index in [-0.39, 0.29) is 10.7 Å². The summed E-state index contributed by atoms with van der Waals surface area (Å²) in [6.07, 6.45) is -3.21. The summed E-state index contributed by atoms with van der Waals surface area (Å²) in [7, 11) is 0. The molecule has 0 unspecified atom stereocenters. The lowest BCUT2D eigenvalue weighted by molar-refractivity contribution is -0.138. The number of hydrogen-bond acceptors (Lipinski definition) is 1. The third-order valence-electron chi connectivity index (χ3n) is 1.37. The highest BCUT2D eigenvalue weighted by molar-refractivity contribution is 6.48. The summed E-state index contributed by atoms with van der Waals surface area (Å²) in [5.41, 5.74) is -1.19. The SMILES string of the molecule is C=C(Cl)c1ncccc1C(F)(F)F. The van der Waals surface area contributed by atoms with E-state index in [4.69, 9.17) is 11.6 Å². The van der Waals surface area contributed by atoms with Crippen LogP contribution in [0.3, 0.4) is 0 Å². The molecule has 0 fully saturated rings. The van der Waals surface area contributed by atoms with Gasteiger partial charge in [-0.05, 0) is 12.1 Å². The van der Waals surface area contributed by atoms with Crippen LogP contribution in [0.1, 0.15) is 11.3 Å². The molecule has 0 saturated carbocycles. The Labute approximate surface area is 77.9 Å². The molecule has 1 aromatic heterocycles. The minimum Gasteiger partial charge on any atom is -0.255 e. The first kappa shape index (κ1) is 10.1. The van der Waals surface area contributed by atoms with E-state index in [9.17, 15) is 13.2 Å². The van der Waals surface area contributed by atoms with Crippen molar-refractivity contribution in [2.24, 2.45) is 0 Å². The fourth-order valence-electron chi connectivity index (χ4n) is 0.850. The lowest BCUT2D eigenvalue weighted by Gasteiger charge is -2.09. The molecule has 1 aromatic rings. The average molecular weight is 208 g/mol. The molecule has 70 valence electrons. The number of pyridine rings is 1. The number of hydrogen-bond donors (Lipinski definition) is 0. The lowest BCUT2D eigenvalue weighted by Crippen LogP contribution is -2.08. The van der Waals surface area contributed by atoms with Crippen molar-refractivity contribution in [2.45, 2.75) is 6.18 Å². The molecule has 0 aromatic carbocycles. The summed E-state index contributed by atoms with van der Waals surface area (Å²) in [5.74, 6) is 0. The largest absolute Gasteiger partial charge is 0.418 e. The van der Waals surface area contributed by atoms with Gasteiger partial charge in [-0.15, -0.1) is 0 Å². The van der Waals surface area contributed by atoms with Crippen molar-refractivity contribution in [3.8, 4) is 0 Å². The molecule has 0 spiro atoms. The summed E-state index contributed by atoms with van der Waals surface area (Å²) in [4.78, 5) is 3.49. The molecule has 0 atom stereocenters. The van der Waals surface area contributed by atoms with E-state index in [1.807, 2.05) is 0 Å². The monoisotopic (exact) mass is 207 g/mol. The Morgan fingerprint density at radius 1 is 1.46 bits per heavy atom. The van der Waals surface area contributed by atoms with Gasteiger partial charge in [0.25, 0.3) is 0 Å². The maximum atomic E-state index is 12.3. The van der Waals surface area contributed by atoms with Gasteiger partial charge in [0.2, 0.25) is 0 Å². The molecular weight excluding hydrogens is 203 g/mol. The van der Waals surface area contributed by atoms with E-state index in [2.05, 4.69) is 11.6 Å². The average Bonchev–Trinajstić information content (AvgIpc) is 2.03. The van der Waals surface area contributed by atoms with Gasteiger partial charge in [-0.3, -0.25) is 4.98 Å². The molecule has 0 radical (unpaired) electrons. The standard InChI is InChI=1S/C8H5ClF3N/c1-5(9)7-6(8(10,11)12)3-2-4-13-7/h2-4H,1H2. The summed E-state index contributed by atoms with van der Waals surface area (Å²) in [6.45, 7) is 3.20. The molecule has 0 N–H and O–H groups in total. The molecule has 0 amide bonds. The lowest BCUT2D eigenvalue weighted by atomic mass is 10.2. The molecule has 0 aliphatic rings. The molecule has 1 rings (SSSR count). The molecule has 0 bridgehead atoms. The van der Waals surface area contributed by atoms with Crippen molar-refractivity contribution in [3.63, 3.8) is 0 Å². The number of alkyl halides is 3. The summed E-state index contributed by atoms with van der Waals surface area (Å²) in [5, 5.41) is -0.215. The van der Waals surface area contributed by atoms with Crippen LogP contribution in [-0.2, 0) is 6.18 Å². The first-order valence-corrected chi connectivity index (χ1v) is 3.67. The van der Waals surface area contributed by atoms with Crippen LogP contribution in [0.5, 0.6) is 0 Å². The maximum Gasteiger partial charge on any atom is 0.418 e. The highest BCUT2D eigenvalue weighted by atomic mass is 35.5. The number of nitrogens with zero attached hydrogens (tertiary/aromatic N) is 1. The summed E-state index contributed by atoms with van der Waals surface area (Å²) < 4.78 is 36.8. The van der Waals surface area contributed by atoms with Crippen LogP contribution in [0.15, 0.2) is 24.9 Å². The zero-order valence-electron chi connectivity index (χ0n) is 6.40. The molecule has 13 heavy (non-hydrogen) atoms. The van der Waals surface area contributed by atoms with Gasteiger partial charge in [0.05, 0.1) is 16.3 Å². The van der Waals surface area contributed by atoms with Crippen molar-refractivity contribution >= 4 is 16.6 Å². The highest BCUT2D eigenvalue weighted by Crippen LogP contribution is 2.33. The molecule has 1 nitrogen and oxygen atoms in total. The third-order valence-corrected chi connectivity index (χ3v) is 1.55. The van der Waals surface area contributed by atoms with Gasteiger partial charge in [0, 0.05) is 6.20 Å². The predicted molar refractivity (Wildman–Crippen MR) is 44.1 cm³/mol. The molecule has 0 saturated heterocycles. The van der Waals surface area contributed by atoms with Gasteiger partial charge in [-0.1, -0.05) is 18.2 Å². The van der Waals surface area contributed by atoms with E-state index in [1.165, 1.54) is 12.3 Å². The zero-order valence-corrected chi connectivity index (χ0v) is 7.15. The Balaban J connectivity index is 3.28. The van der Waals surface area contributed by atoms with Crippen molar-refractivity contribution in [2.75, 3.05) is 0 Å². The second-order valence-electron chi connectivity index (χ2n) is 2.30. The molecular formula is C8H5ClF3N. The quantitative estimate of drug-likeness (QED) is 0.689. The van der Waals surface area contributed by atoms with Gasteiger partial charge in [0.1, 0.15) is 0 Å². The topological polar surface area (TPSA) is 12.9 Å². The van der Waals surface area contributed by atoms with Crippen molar-refractivity contribution < 1.29 is 13.2 Å². The Kier molecular flexibility index (Phi) is 2.61. The Morgan fingerprint density at radius 2 is 2.08 bits per heavy atom. The Morgan fingerprint density at radius 3 is 2.46 bits per heavy atom. The zero-order chi connectivity index (χ0) is 10.1. The van der Waals surface area contributed by atoms with Crippen molar-refractivity contribution in [1.29, 1.82) is 0 Å². The second-order valence-corrected chi connectivity index (χ2v) is 2.76. The van der Waals surface area contributed by atoms with Crippen LogP contribution in [0.4, 0.5) is 13.2 Å². The Bertz CT molecular complexity index is 332. The first-order valence-electron chi connectivity index (χ1n) is 3.30. The van der Waals surface area contributed by atoms with Crippen LogP contribution in [0, 0.1) is 0 Å². The minimum absolute atomic E-state index is 0.215. The summed E-state index contributed by atoms with van der Waals surface area (Å²) >= 11 is 5.36. The smallest absolute Gasteiger partial charge is 0.255 e. The van der Waals surface area contributed by atoms with Crippen LogP contribution in [0.25, 0.3) is 5.03 Å². The Hall–Kier alpha value is -1.03. The molecule has 1 heterocycles. The molecule has 0 aliphatic carbocycles. The first-order chi connectivity index (χ1) is 5.93. The van der Waals surface area contributed by atoms with E-state index < -0.39 is 11.7 Å². The van der Waals surface area contributed by atoms with Crippen LogP contribution >= 0.6 is 11.6 Å². The van der Waals surface area contributed by atoms with Gasteiger partial charge in [-0.25, -0.2) is 0 Å². The number of rotatable bonds is 1. The molecule has 5 heteroatoms. The summed E-state index contributed by atoms with van der Waals surface area (Å²) in [6, 6.07) is 2.11. The second kappa shape index (κ2) is 3.38. The molecule has 0 aliphatic heterocycles. The third kappa shape index (κ3) is 2.21. The highest BCUT2D eigenvalue weighted by Gasteiger charge is 2.34. The minimum atomic E-state index is -4.44. The van der Waals surface area contributed by atoms with Gasteiger partial charge in [0.15, 0.2) is 0 Å². The van der Waals surface area contributed by atoms with E-state index >= 15 is 0 Å². The van der Waals surface area contributed by atoms with Crippen molar-refractivity contribution in [1.82, 2.24) is 4.98 Å².